The fourth-order valence-corrected chi connectivity index (χ4v) is 3.44. The fourth-order valence-electron chi connectivity index (χ4n) is 2.38. The SMILES string of the molecule is Cc1ccc(NS(=O)(=O)c2ccc(C(=O)OCc3nc(C(C)C)no3)cc2)cc1. The van der Waals surface area contributed by atoms with Crippen LogP contribution in [0.1, 0.15) is 47.4 Å². The van der Waals surface area contributed by atoms with Crippen LogP contribution in [0.5, 0.6) is 0 Å². The van der Waals surface area contributed by atoms with E-state index in [2.05, 4.69) is 14.9 Å². The summed E-state index contributed by atoms with van der Waals surface area (Å²) in [5.41, 5.74) is 1.69. The van der Waals surface area contributed by atoms with Gasteiger partial charge in [0.25, 0.3) is 15.9 Å². The molecule has 29 heavy (non-hydrogen) atoms. The van der Waals surface area contributed by atoms with E-state index in [1.54, 1.807) is 12.1 Å². The lowest BCUT2D eigenvalue weighted by Gasteiger charge is -2.09. The van der Waals surface area contributed by atoms with E-state index in [9.17, 15) is 13.2 Å². The Morgan fingerprint density at radius 1 is 1.10 bits per heavy atom. The number of benzene rings is 2. The van der Waals surface area contributed by atoms with Crippen LogP contribution in [-0.2, 0) is 21.4 Å². The molecule has 0 saturated carbocycles. The lowest BCUT2D eigenvalue weighted by molar-refractivity contribution is 0.0429. The maximum atomic E-state index is 12.5. The lowest BCUT2D eigenvalue weighted by Crippen LogP contribution is -2.13. The number of carbonyl (C=O) groups is 1. The van der Waals surface area contributed by atoms with Gasteiger partial charge in [0.1, 0.15) is 0 Å². The van der Waals surface area contributed by atoms with Crippen molar-refractivity contribution in [1.29, 1.82) is 0 Å². The number of ether oxygens (including phenoxy) is 1. The van der Waals surface area contributed by atoms with E-state index in [1.165, 1.54) is 24.3 Å². The zero-order chi connectivity index (χ0) is 21.0. The zero-order valence-corrected chi connectivity index (χ0v) is 17.1. The molecule has 0 fully saturated rings. The summed E-state index contributed by atoms with van der Waals surface area (Å²) in [5.74, 6) is 0.214. The minimum absolute atomic E-state index is 0.0353. The summed E-state index contributed by atoms with van der Waals surface area (Å²) in [6.45, 7) is 5.60. The van der Waals surface area contributed by atoms with Crippen molar-refractivity contribution < 1.29 is 22.5 Å². The van der Waals surface area contributed by atoms with Crippen molar-refractivity contribution in [3.8, 4) is 0 Å². The van der Waals surface area contributed by atoms with E-state index in [1.807, 2.05) is 32.9 Å². The molecule has 2 aromatic carbocycles. The molecule has 0 saturated heterocycles. The highest BCUT2D eigenvalue weighted by Crippen LogP contribution is 2.18. The highest BCUT2D eigenvalue weighted by atomic mass is 32.2. The quantitative estimate of drug-likeness (QED) is 0.586. The monoisotopic (exact) mass is 415 g/mol. The molecule has 0 aliphatic rings. The molecule has 0 unspecified atom stereocenters. The van der Waals surface area contributed by atoms with Crippen molar-refractivity contribution in [2.45, 2.75) is 38.2 Å². The Bertz CT molecular complexity index is 1090. The highest BCUT2D eigenvalue weighted by molar-refractivity contribution is 7.92. The molecule has 0 radical (unpaired) electrons. The largest absolute Gasteiger partial charge is 0.452 e. The summed E-state index contributed by atoms with van der Waals surface area (Å²) < 4.78 is 37.6. The predicted octanol–water partition coefficient (Wildman–Crippen LogP) is 3.66. The number of sulfonamides is 1. The van der Waals surface area contributed by atoms with Gasteiger partial charge in [-0.2, -0.15) is 4.98 Å². The molecule has 152 valence electrons. The van der Waals surface area contributed by atoms with Gasteiger partial charge < -0.3 is 9.26 Å². The normalized spacial score (nSPS) is 11.4. The van der Waals surface area contributed by atoms with Gasteiger partial charge in [0.05, 0.1) is 10.5 Å². The summed E-state index contributed by atoms with van der Waals surface area (Å²) in [4.78, 5) is 16.3. The molecule has 1 aromatic heterocycles. The Hall–Kier alpha value is -3.20. The first-order valence-electron chi connectivity index (χ1n) is 8.94. The second-order valence-corrected chi connectivity index (χ2v) is 8.46. The molecule has 0 atom stereocenters. The first-order chi connectivity index (χ1) is 13.7. The standard InChI is InChI=1S/C20H21N3O5S/c1-13(2)19-21-18(28-22-19)12-27-20(24)15-6-10-17(11-7-15)29(25,26)23-16-8-4-14(3)5-9-16/h4-11,13,23H,12H2,1-3H3. The maximum absolute atomic E-state index is 12.5. The third kappa shape index (κ3) is 5.20. The van der Waals surface area contributed by atoms with Crippen molar-refractivity contribution in [2.24, 2.45) is 0 Å². The van der Waals surface area contributed by atoms with E-state index >= 15 is 0 Å². The Labute approximate surface area is 169 Å². The van der Waals surface area contributed by atoms with Crippen LogP contribution < -0.4 is 4.72 Å². The zero-order valence-electron chi connectivity index (χ0n) is 16.2. The lowest BCUT2D eigenvalue weighted by atomic mass is 10.2. The van der Waals surface area contributed by atoms with Gasteiger partial charge in [-0.25, -0.2) is 13.2 Å². The van der Waals surface area contributed by atoms with Gasteiger partial charge in [0.15, 0.2) is 12.4 Å². The average molecular weight is 415 g/mol. The van der Waals surface area contributed by atoms with Crippen LogP contribution in [0.25, 0.3) is 0 Å². The number of aromatic nitrogens is 2. The molecule has 0 aliphatic carbocycles. The molecule has 8 nitrogen and oxygen atoms in total. The number of nitrogens with zero attached hydrogens (tertiary/aromatic N) is 2. The number of nitrogens with one attached hydrogen (secondary N) is 1. The molecule has 1 heterocycles. The molecule has 0 bridgehead atoms. The summed E-state index contributed by atoms with van der Waals surface area (Å²) in [5, 5.41) is 3.79. The van der Waals surface area contributed by atoms with Gasteiger partial charge in [0.2, 0.25) is 0 Å². The molecule has 0 spiro atoms. The van der Waals surface area contributed by atoms with Crippen LogP contribution in [0.4, 0.5) is 5.69 Å². The summed E-state index contributed by atoms with van der Waals surface area (Å²) in [6, 6.07) is 12.4. The molecule has 0 amide bonds. The van der Waals surface area contributed by atoms with E-state index < -0.39 is 16.0 Å². The van der Waals surface area contributed by atoms with Crippen molar-refractivity contribution in [2.75, 3.05) is 4.72 Å². The van der Waals surface area contributed by atoms with Crippen molar-refractivity contribution in [3.05, 3.63) is 71.4 Å². The number of anilines is 1. The molecular formula is C20H21N3O5S. The number of esters is 1. The van der Waals surface area contributed by atoms with Crippen LogP contribution >= 0.6 is 0 Å². The van der Waals surface area contributed by atoms with Gasteiger partial charge in [-0.1, -0.05) is 36.7 Å². The Balaban J connectivity index is 1.63. The third-order valence-corrected chi connectivity index (χ3v) is 5.43. The highest BCUT2D eigenvalue weighted by Gasteiger charge is 2.17. The maximum Gasteiger partial charge on any atom is 0.338 e. The first kappa shape index (κ1) is 20.5. The first-order valence-corrected chi connectivity index (χ1v) is 10.4. The molecule has 0 aliphatic heterocycles. The second-order valence-electron chi connectivity index (χ2n) is 6.77. The van der Waals surface area contributed by atoms with Crippen LogP contribution in [-0.4, -0.2) is 24.5 Å². The van der Waals surface area contributed by atoms with Gasteiger partial charge in [0, 0.05) is 11.6 Å². The van der Waals surface area contributed by atoms with E-state index in [-0.39, 0.29) is 28.9 Å². The van der Waals surface area contributed by atoms with E-state index in [0.29, 0.717) is 11.5 Å². The Kier molecular flexibility index (Phi) is 5.97. The molecule has 3 rings (SSSR count). The van der Waals surface area contributed by atoms with Gasteiger partial charge in [-0.05, 0) is 43.3 Å². The van der Waals surface area contributed by atoms with E-state index in [0.717, 1.165) is 5.56 Å². The smallest absolute Gasteiger partial charge is 0.338 e. The summed E-state index contributed by atoms with van der Waals surface area (Å²) in [6.07, 6.45) is 0. The van der Waals surface area contributed by atoms with Gasteiger partial charge >= 0.3 is 5.97 Å². The predicted molar refractivity (Wildman–Crippen MR) is 106 cm³/mol. The number of aryl methyl sites for hydroxylation is 1. The van der Waals surface area contributed by atoms with Crippen molar-refractivity contribution >= 4 is 21.7 Å². The minimum atomic E-state index is -3.76. The molecule has 1 N–H and O–H groups in total. The molecule has 3 aromatic rings. The minimum Gasteiger partial charge on any atom is -0.452 e. The van der Waals surface area contributed by atoms with Crippen LogP contribution in [0.15, 0.2) is 57.9 Å². The van der Waals surface area contributed by atoms with Gasteiger partial charge in [-0.3, -0.25) is 4.72 Å². The number of rotatable bonds is 7. The van der Waals surface area contributed by atoms with Crippen molar-refractivity contribution in [3.63, 3.8) is 0 Å². The van der Waals surface area contributed by atoms with Crippen LogP contribution in [0.3, 0.4) is 0 Å². The van der Waals surface area contributed by atoms with Gasteiger partial charge in [-0.15, -0.1) is 0 Å². The molecular weight excluding hydrogens is 394 g/mol. The second kappa shape index (κ2) is 8.44. The third-order valence-electron chi connectivity index (χ3n) is 4.03. The topological polar surface area (TPSA) is 111 Å². The summed E-state index contributed by atoms with van der Waals surface area (Å²) >= 11 is 0. The Morgan fingerprint density at radius 3 is 2.34 bits per heavy atom. The van der Waals surface area contributed by atoms with Crippen molar-refractivity contribution in [1.82, 2.24) is 10.1 Å². The fraction of sp³-hybridized carbons (Fsp3) is 0.250. The van der Waals surface area contributed by atoms with Crippen LogP contribution in [0.2, 0.25) is 0 Å². The number of hydrogen-bond acceptors (Lipinski definition) is 7. The summed E-state index contributed by atoms with van der Waals surface area (Å²) in [7, 11) is -3.76. The Morgan fingerprint density at radius 2 is 1.76 bits per heavy atom. The molecule has 9 heteroatoms. The van der Waals surface area contributed by atoms with Crippen LogP contribution in [0, 0.1) is 6.92 Å². The number of hydrogen-bond donors (Lipinski definition) is 1. The number of carbonyl (C=O) groups excluding carboxylic acids is 1. The average Bonchev–Trinajstić information content (AvgIpc) is 3.17. The van der Waals surface area contributed by atoms with E-state index in [4.69, 9.17) is 9.26 Å².